The molecule has 0 aliphatic heterocycles. The van der Waals surface area contributed by atoms with Gasteiger partial charge in [0.15, 0.2) is 5.78 Å². The van der Waals surface area contributed by atoms with Gasteiger partial charge >= 0.3 is 0 Å². The van der Waals surface area contributed by atoms with Crippen LogP contribution >= 0.6 is 0 Å². The van der Waals surface area contributed by atoms with Crippen molar-refractivity contribution in [1.82, 2.24) is 0 Å². The minimum atomic E-state index is -0.278. The average Bonchev–Trinajstić information content (AvgIpc) is 2.42. The Labute approximate surface area is 124 Å². The summed E-state index contributed by atoms with van der Waals surface area (Å²) in [5, 5.41) is 10.4. The molecule has 1 fully saturated rings. The van der Waals surface area contributed by atoms with Crippen molar-refractivity contribution in [3.63, 3.8) is 0 Å². The second-order valence-corrected chi connectivity index (χ2v) is 7.58. The Morgan fingerprint density at radius 3 is 1.90 bits per heavy atom. The molecule has 0 unspecified atom stereocenters. The molecule has 1 saturated carbocycles. The fourth-order valence-electron chi connectivity index (χ4n) is 3.26. The first-order valence-corrected chi connectivity index (χ1v) is 8.11. The van der Waals surface area contributed by atoms with Crippen molar-refractivity contribution in [2.24, 2.45) is 16.7 Å². The van der Waals surface area contributed by atoms with Crippen LogP contribution in [0.4, 0.5) is 0 Å². The average molecular weight is 280 g/mol. The first kappa shape index (κ1) is 17.3. The van der Waals surface area contributed by atoms with Crippen LogP contribution in [-0.4, -0.2) is 10.9 Å². The van der Waals surface area contributed by atoms with E-state index in [1.165, 1.54) is 0 Å². The maximum Gasteiger partial charge on any atom is 0.167 e. The van der Waals surface area contributed by atoms with E-state index in [2.05, 4.69) is 34.6 Å². The molecule has 0 atom stereocenters. The van der Waals surface area contributed by atoms with Crippen LogP contribution in [0.2, 0.25) is 0 Å². The molecule has 0 amide bonds. The minimum Gasteiger partial charge on any atom is -0.512 e. The fourth-order valence-corrected chi connectivity index (χ4v) is 3.26. The maximum atomic E-state index is 12.8. The van der Waals surface area contributed by atoms with Crippen molar-refractivity contribution in [1.29, 1.82) is 0 Å². The number of aliphatic hydroxyl groups is 1. The SMILES string of the molecule is CCC(CC)/C(O)=C(\C)C(=O)C1(C)CCC(C)(C)CC1. The summed E-state index contributed by atoms with van der Waals surface area (Å²) < 4.78 is 0. The summed E-state index contributed by atoms with van der Waals surface area (Å²) in [5.74, 6) is 0.617. The zero-order valence-corrected chi connectivity index (χ0v) is 14.2. The van der Waals surface area contributed by atoms with Gasteiger partial charge < -0.3 is 5.11 Å². The van der Waals surface area contributed by atoms with Crippen LogP contribution in [0.5, 0.6) is 0 Å². The Kier molecular flexibility index (Phi) is 5.46. The van der Waals surface area contributed by atoms with Crippen LogP contribution < -0.4 is 0 Å². The lowest BCUT2D eigenvalue weighted by Gasteiger charge is -2.40. The van der Waals surface area contributed by atoms with E-state index in [0.717, 1.165) is 38.5 Å². The van der Waals surface area contributed by atoms with Crippen LogP contribution in [-0.2, 0) is 4.79 Å². The summed E-state index contributed by atoms with van der Waals surface area (Å²) in [7, 11) is 0. The Morgan fingerprint density at radius 2 is 1.50 bits per heavy atom. The number of rotatable bonds is 5. The van der Waals surface area contributed by atoms with E-state index in [9.17, 15) is 9.90 Å². The molecule has 0 spiro atoms. The van der Waals surface area contributed by atoms with Gasteiger partial charge in [-0.05, 0) is 50.9 Å². The molecule has 0 radical (unpaired) electrons. The smallest absolute Gasteiger partial charge is 0.167 e. The van der Waals surface area contributed by atoms with Crippen LogP contribution in [0.15, 0.2) is 11.3 Å². The van der Waals surface area contributed by atoms with Crippen molar-refractivity contribution in [2.75, 3.05) is 0 Å². The number of hydrogen-bond donors (Lipinski definition) is 1. The Morgan fingerprint density at radius 1 is 1.05 bits per heavy atom. The third-order valence-corrected chi connectivity index (χ3v) is 5.35. The molecule has 2 nitrogen and oxygen atoms in total. The fraction of sp³-hybridized carbons (Fsp3) is 0.833. The van der Waals surface area contributed by atoms with Crippen LogP contribution in [0, 0.1) is 16.7 Å². The first-order valence-electron chi connectivity index (χ1n) is 8.11. The van der Waals surface area contributed by atoms with Gasteiger partial charge in [0, 0.05) is 16.9 Å². The largest absolute Gasteiger partial charge is 0.512 e. The van der Waals surface area contributed by atoms with Crippen LogP contribution in [0.1, 0.15) is 80.1 Å². The van der Waals surface area contributed by atoms with Crippen molar-refractivity contribution in [3.05, 3.63) is 11.3 Å². The van der Waals surface area contributed by atoms with E-state index in [1.54, 1.807) is 6.92 Å². The molecule has 0 aromatic heterocycles. The van der Waals surface area contributed by atoms with Gasteiger partial charge in [-0.15, -0.1) is 0 Å². The lowest BCUT2D eigenvalue weighted by atomic mass is 9.63. The molecule has 1 N–H and O–H groups in total. The number of hydrogen-bond acceptors (Lipinski definition) is 2. The molecule has 1 aliphatic carbocycles. The van der Waals surface area contributed by atoms with Crippen molar-refractivity contribution < 1.29 is 9.90 Å². The van der Waals surface area contributed by atoms with Gasteiger partial charge in [-0.25, -0.2) is 0 Å². The van der Waals surface area contributed by atoms with E-state index in [1.807, 2.05) is 0 Å². The maximum absolute atomic E-state index is 12.8. The Hall–Kier alpha value is -0.790. The highest BCUT2D eigenvalue weighted by Gasteiger charge is 2.41. The van der Waals surface area contributed by atoms with E-state index in [0.29, 0.717) is 16.7 Å². The molecule has 1 rings (SSSR count). The number of aliphatic hydroxyl groups excluding tert-OH is 1. The molecular formula is C18H32O2. The van der Waals surface area contributed by atoms with E-state index in [-0.39, 0.29) is 17.1 Å². The molecule has 0 aromatic rings. The predicted molar refractivity (Wildman–Crippen MR) is 84.8 cm³/mol. The van der Waals surface area contributed by atoms with Crippen LogP contribution in [0.3, 0.4) is 0 Å². The van der Waals surface area contributed by atoms with Gasteiger partial charge in [0.2, 0.25) is 0 Å². The molecular weight excluding hydrogens is 248 g/mol. The third-order valence-electron chi connectivity index (χ3n) is 5.35. The van der Waals surface area contributed by atoms with E-state index < -0.39 is 0 Å². The molecule has 2 heteroatoms. The van der Waals surface area contributed by atoms with Crippen molar-refractivity contribution in [3.8, 4) is 0 Å². The summed E-state index contributed by atoms with van der Waals surface area (Å²) in [6.07, 6.45) is 5.83. The van der Waals surface area contributed by atoms with Gasteiger partial charge in [-0.2, -0.15) is 0 Å². The topological polar surface area (TPSA) is 37.3 Å². The Bertz CT molecular complexity index is 376. The number of ketones is 1. The number of allylic oxidation sites excluding steroid dienone is 2. The van der Waals surface area contributed by atoms with Crippen LogP contribution in [0.25, 0.3) is 0 Å². The van der Waals surface area contributed by atoms with Gasteiger partial charge in [-0.3, -0.25) is 4.79 Å². The zero-order valence-electron chi connectivity index (χ0n) is 14.2. The second-order valence-electron chi connectivity index (χ2n) is 7.58. The number of carbonyl (C=O) groups is 1. The van der Waals surface area contributed by atoms with Gasteiger partial charge in [0.1, 0.15) is 5.76 Å². The first-order chi connectivity index (χ1) is 9.17. The summed E-state index contributed by atoms with van der Waals surface area (Å²) in [4.78, 5) is 12.8. The highest BCUT2D eigenvalue weighted by molar-refractivity contribution is 5.99. The highest BCUT2D eigenvalue weighted by atomic mass is 16.3. The van der Waals surface area contributed by atoms with Gasteiger partial charge in [0.05, 0.1) is 0 Å². The van der Waals surface area contributed by atoms with E-state index >= 15 is 0 Å². The summed E-state index contributed by atoms with van der Waals surface area (Å²) in [5.41, 5.74) is 0.676. The standard InChI is InChI=1S/C18H32O2/c1-7-14(8-2)15(19)13(3)16(20)18(6)11-9-17(4,5)10-12-18/h14,19H,7-12H2,1-6H3/b15-13-. The quantitative estimate of drug-likeness (QED) is 0.538. The second kappa shape index (κ2) is 6.32. The molecule has 0 saturated heterocycles. The van der Waals surface area contributed by atoms with E-state index in [4.69, 9.17) is 0 Å². The molecule has 116 valence electrons. The summed E-state index contributed by atoms with van der Waals surface area (Å²) >= 11 is 0. The third kappa shape index (κ3) is 3.65. The highest BCUT2D eigenvalue weighted by Crippen LogP contribution is 2.46. The summed E-state index contributed by atoms with van der Waals surface area (Å²) in [6.45, 7) is 12.6. The zero-order chi connectivity index (χ0) is 15.6. The summed E-state index contributed by atoms with van der Waals surface area (Å²) in [6, 6.07) is 0. The van der Waals surface area contributed by atoms with Crippen molar-refractivity contribution in [2.45, 2.75) is 80.1 Å². The number of Topliss-reactive ketones (excluding diaryl/α,β-unsaturated/α-hetero) is 1. The Balaban J connectivity index is 2.91. The normalized spacial score (nSPS) is 22.6. The number of carbonyl (C=O) groups excluding carboxylic acids is 1. The molecule has 0 bridgehead atoms. The molecule has 0 heterocycles. The lowest BCUT2D eigenvalue weighted by Crippen LogP contribution is -2.36. The van der Waals surface area contributed by atoms with Gasteiger partial charge in [-0.1, -0.05) is 34.6 Å². The molecule has 1 aliphatic rings. The minimum absolute atomic E-state index is 0.127. The lowest BCUT2D eigenvalue weighted by molar-refractivity contribution is -0.127. The van der Waals surface area contributed by atoms with Gasteiger partial charge in [0.25, 0.3) is 0 Å². The van der Waals surface area contributed by atoms with Crippen molar-refractivity contribution >= 4 is 5.78 Å². The molecule has 20 heavy (non-hydrogen) atoms. The molecule has 0 aromatic carbocycles. The predicted octanol–water partition coefficient (Wildman–Crippen LogP) is 5.43. The monoisotopic (exact) mass is 280 g/mol.